The molecule has 2 heterocycles. The van der Waals surface area contributed by atoms with Gasteiger partial charge in [-0.25, -0.2) is 4.98 Å². The van der Waals surface area contributed by atoms with Gasteiger partial charge in [-0.05, 0) is 46.6 Å². The number of amides is 1. The van der Waals surface area contributed by atoms with Crippen LogP contribution in [0.4, 0.5) is 5.13 Å². The Kier molecular flexibility index (Phi) is 9.34. The molecule has 0 radical (unpaired) electrons. The first-order chi connectivity index (χ1) is 15.6. The van der Waals surface area contributed by atoms with Crippen LogP contribution in [0.1, 0.15) is 16.8 Å². The van der Waals surface area contributed by atoms with Crippen molar-refractivity contribution in [1.82, 2.24) is 9.88 Å². The highest BCUT2D eigenvalue weighted by Crippen LogP contribution is 2.40. The number of aromatic nitrogens is 1. The van der Waals surface area contributed by atoms with Crippen LogP contribution in [-0.4, -0.2) is 69.4 Å². The van der Waals surface area contributed by atoms with Crippen LogP contribution in [-0.2, 0) is 4.74 Å². The number of carbonyl (C=O) groups is 1. The average molecular weight is 557 g/mol. The van der Waals surface area contributed by atoms with Gasteiger partial charge in [0.2, 0.25) is 0 Å². The van der Waals surface area contributed by atoms with Crippen LogP contribution in [0.2, 0.25) is 0 Å². The normalized spacial score (nSPS) is 14.0. The van der Waals surface area contributed by atoms with Crippen LogP contribution in [0, 0.1) is 0 Å². The number of carbonyl (C=O) groups excluding carboxylic acids is 1. The first kappa shape index (κ1) is 25.7. The zero-order valence-corrected chi connectivity index (χ0v) is 21.8. The number of thiazole rings is 1. The van der Waals surface area contributed by atoms with Crippen LogP contribution < -0.4 is 14.4 Å². The van der Waals surface area contributed by atoms with E-state index in [4.69, 9.17) is 19.2 Å². The molecule has 1 fully saturated rings. The number of morpholine rings is 1. The second-order valence-electron chi connectivity index (χ2n) is 7.39. The number of fused-ring (bicyclic) bond motifs is 1. The highest BCUT2D eigenvalue weighted by atomic mass is 79.9. The minimum Gasteiger partial charge on any atom is -0.495 e. The van der Waals surface area contributed by atoms with E-state index in [-0.39, 0.29) is 18.3 Å². The molecule has 33 heavy (non-hydrogen) atoms. The number of hydrogen-bond acceptors (Lipinski definition) is 7. The van der Waals surface area contributed by atoms with Gasteiger partial charge in [-0.15, -0.1) is 12.4 Å². The summed E-state index contributed by atoms with van der Waals surface area (Å²) in [5.41, 5.74) is 1.31. The van der Waals surface area contributed by atoms with E-state index < -0.39 is 0 Å². The minimum atomic E-state index is -0.0866. The Morgan fingerprint density at radius 1 is 1.15 bits per heavy atom. The first-order valence-electron chi connectivity index (χ1n) is 10.5. The number of methoxy groups -OCH3 is 2. The van der Waals surface area contributed by atoms with E-state index in [1.807, 2.05) is 36.4 Å². The van der Waals surface area contributed by atoms with Crippen molar-refractivity contribution in [2.45, 2.75) is 6.42 Å². The summed E-state index contributed by atoms with van der Waals surface area (Å²) in [5, 5.41) is 0.630. The lowest BCUT2D eigenvalue weighted by molar-refractivity contribution is 0.0376. The molecule has 0 saturated carbocycles. The van der Waals surface area contributed by atoms with Crippen molar-refractivity contribution in [3.63, 3.8) is 0 Å². The van der Waals surface area contributed by atoms with Crippen molar-refractivity contribution in [2.75, 3.05) is 58.5 Å². The molecule has 0 N–H and O–H groups in total. The smallest absolute Gasteiger partial charge is 0.261 e. The summed E-state index contributed by atoms with van der Waals surface area (Å²) in [5.74, 6) is 1.28. The van der Waals surface area contributed by atoms with E-state index in [1.165, 1.54) is 11.3 Å². The molecule has 0 aliphatic carbocycles. The fourth-order valence-electron chi connectivity index (χ4n) is 3.73. The van der Waals surface area contributed by atoms with Crippen LogP contribution in [0.25, 0.3) is 10.2 Å². The molecule has 10 heteroatoms. The van der Waals surface area contributed by atoms with Gasteiger partial charge in [0.1, 0.15) is 21.7 Å². The lowest BCUT2D eigenvalue weighted by atomic mass is 10.2. The summed E-state index contributed by atoms with van der Waals surface area (Å²) < 4.78 is 18.1. The highest BCUT2D eigenvalue weighted by molar-refractivity contribution is 9.10. The monoisotopic (exact) mass is 555 g/mol. The van der Waals surface area contributed by atoms with E-state index in [0.29, 0.717) is 34.3 Å². The van der Waals surface area contributed by atoms with Crippen molar-refractivity contribution in [2.24, 2.45) is 0 Å². The third-order valence-corrected chi connectivity index (χ3v) is 7.22. The van der Waals surface area contributed by atoms with Crippen molar-refractivity contribution < 1.29 is 19.0 Å². The Morgan fingerprint density at radius 3 is 2.55 bits per heavy atom. The third-order valence-electron chi connectivity index (χ3n) is 5.44. The number of hydrogen-bond donors (Lipinski definition) is 0. The van der Waals surface area contributed by atoms with E-state index in [9.17, 15) is 4.79 Å². The van der Waals surface area contributed by atoms with E-state index in [0.717, 1.165) is 48.4 Å². The third kappa shape index (κ3) is 5.78. The zero-order valence-electron chi connectivity index (χ0n) is 18.6. The number of halogens is 2. The summed E-state index contributed by atoms with van der Waals surface area (Å²) >= 11 is 4.96. The maximum atomic E-state index is 13.6. The number of nitrogens with zero attached hydrogens (tertiary/aromatic N) is 3. The SMILES string of the molecule is COc1ccc(OC)c2sc(N(CCCN3CCOCC3)C(=O)c3ccccc3Br)nc12.Cl. The molecular weight excluding hydrogens is 530 g/mol. The second kappa shape index (κ2) is 12.0. The highest BCUT2D eigenvalue weighted by Gasteiger charge is 2.25. The number of ether oxygens (including phenoxy) is 3. The maximum Gasteiger partial charge on any atom is 0.261 e. The van der Waals surface area contributed by atoms with Crippen LogP contribution >= 0.6 is 39.7 Å². The van der Waals surface area contributed by atoms with Gasteiger partial charge in [0.05, 0.1) is 33.0 Å². The maximum absolute atomic E-state index is 13.6. The molecule has 1 amide bonds. The Morgan fingerprint density at radius 2 is 1.85 bits per heavy atom. The summed E-state index contributed by atoms with van der Waals surface area (Å²) in [6.07, 6.45) is 0.834. The van der Waals surface area contributed by atoms with Gasteiger partial charge in [-0.1, -0.05) is 23.5 Å². The van der Waals surface area contributed by atoms with Gasteiger partial charge in [-0.3, -0.25) is 14.6 Å². The number of benzene rings is 2. The molecule has 3 aromatic rings. The van der Waals surface area contributed by atoms with E-state index >= 15 is 0 Å². The molecule has 1 aliphatic heterocycles. The first-order valence-corrected chi connectivity index (χ1v) is 12.1. The largest absolute Gasteiger partial charge is 0.495 e. The van der Waals surface area contributed by atoms with Crippen molar-refractivity contribution in [3.8, 4) is 11.5 Å². The van der Waals surface area contributed by atoms with Gasteiger partial charge < -0.3 is 14.2 Å². The lowest BCUT2D eigenvalue weighted by Crippen LogP contribution is -2.39. The topological polar surface area (TPSA) is 64.1 Å². The molecule has 4 rings (SSSR count). The molecule has 7 nitrogen and oxygen atoms in total. The molecule has 0 spiro atoms. The molecule has 178 valence electrons. The molecule has 1 aliphatic rings. The van der Waals surface area contributed by atoms with Crippen molar-refractivity contribution in [1.29, 1.82) is 0 Å². The Labute approximate surface area is 212 Å². The summed E-state index contributed by atoms with van der Waals surface area (Å²) in [4.78, 5) is 22.5. The molecular formula is C23H27BrClN3O4S. The molecule has 2 aromatic carbocycles. The Hall–Kier alpha value is -1.91. The minimum absolute atomic E-state index is 0. The lowest BCUT2D eigenvalue weighted by Gasteiger charge is -2.27. The van der Waals surface area contributed by atoms with Gasteiger partial charge >= 0.3 is 0 Å². The van der Waals surface area contributed by atoms with Gasteiger partial charge in [0, 0.05) is 30.7 Å². The summed E-state index contributed by atoms with van der Waals surface area (Å²) in [6.45, 7) is 4.83. The van der Waals surface area contributed by atoms with Gasteiger partial charge in [-0.2, -0.15) is 0 Å². The average Bonchev–Trinajstić information content (AvgIpc) is 3.27. The number of rotatable bonds is 8. The molecule has 0 bridgehead atoms. The van der Waals surface area contributed by atoms with Crippen molar-refractivity contribution in [3.05, 3.63) is 46.4 Å². The fourth-order valence-corrected chi connectivity index (χ4v) is 5.28. The zero-order chi connectivity index (χ0) is 22.5. The molecule has 1 saturated heterocycles. The quantitative estimate of drug-likeness (QED) is 0.395. The Bertz CT molecular complexity index is 1050. The van der Waals surface area contributed by atoms with Gasteiger partial charge in [0.25, 0.3) is 5.91 Å². The number of anilines is 1. The predicted molar refractivity (Wildman–Crippen MR) is 138 cm³/mol. The second-order valence-corrected chi connectivity index (χ2v) is 9.22. The van der Waals surface area contributed by atoms with Crippen LogP contribution in [0.15, 0.2) is 40.9 Å². The summed E-state index contributed by atoms with van der Waals surface area (Å²) in [7, 11) is 3.25. The van der Waals surface area contributed by atoms with Crippen LogP contribution in [0.3, 0.4) is 0 Å². The molecule has 1 aromatic heterocycles. The fraction of sp³-hybridized carbons (Fsp3) is 0.391. The van der Waals surface area contributed by atoms with Gasteiger partial charge in [0.15, 0.2) is 5.13 Å². The standard InChI is InChI=1S/C23H26BrN3O4S.ClH/c1-29-18-8-9-19(30-2)21-20(18)25-23(32-21)27(11-5-10-26-12-14-31-15-13-26)22(28)16-6-3-4-7-17(16)24;/h3-4,6-9H,5,10-15H2,1-2H3;1H. The molecule has 0 atom stereocenters. The summed E-state index contributed by atoms with van der Waals surface area (Å²) in [6, 6.07) is 11.2. The predicted octanol–water partition coefficient (Wildman–Crippen LogP) is 4.87. The van der Waals surface area contributed by atoms with Crippen LogP contribution in [0.5, 0.6) is 11.5 Å². The molecule has 0 unspecified atom stereocenters. The van der Waals surface area contributed by atoms with E-state index in [1.54, 1.807) is 19.1 Å². The Balaban J connectivity index is 0.00000306. The van der Waals surface area contributed by atoms with Crippen molar-refractivity contribution >= 4 is 60.9 Å². The van der Waals surface area contributed by atoms with E-state index in [2.05, 4.69) is 20.8 Å².